The van der Waals surface area contributed by atoms with E-state index in [0.29, 0.717) is 16.3 Å². The minimum Gasteiger partial charge on any atom is -0.392 e. The molecule has 2 fully saturated rings. The zero-order valence-corrected chi connectivity index (χ0v) is 11.8. The van der Waals surface area contributed by atoms with Crippen molar-refractivity contribution >= 4 is 34.9 Å². The molecule has 0 aliphatic heterocycles. The molecule has 1 amide bonds. The third kappa shape index (κ3) is 2.45. The fourth-order valence-electron chi connectivity index (χ4n) is 2.72. The first-order chi connectivity index (χ1) is 8.08. The molecule has 5 heteroatoms. The van der Waals surface area contributed by atoms with E-state index >= 15 is 0 Å². The molecule has 2 aliphatic carbocycles. The van der Waals surface area contributed by atoms with Crippen LogP contribution >= 0.6 is 24.0 Å². The van der Waals surface area contributed by atoms with Gasteiger partial charge in [0.05, 0.1) is 10.4 Å². The van der Waals surface area contributed by atoms with Crippen molar-refractivity contribution in [3.8, 4) is 0 Å². The molecule has 0 heterocycles. The minimum atomic E-state index is -0.521. The van der Waals surface area contributed by atoms with E-state index in [1.165, 1.54) is 6.42 Å². The molecule has 0 aromatic carbocycles. The highest BCUT2D eigenvalue weighted by Crippen LogP contribution is 2.42. The summed E-state index contributed by atoms with van der Waals surface area (Å²) in [6.07, 6.45) is 8.22. The number of nitrogens with one attached hydrogen (secondary N) is 1. The smallest absolute Gasteiger partial charge is 0.233 e. The SMILES string of the molecule is CSC1CCC(NC(=O)C2(C(N)=S)CCC2)C1. The molecule has 0 aromatic rings. The quantitative estimate of drug-likeness (QED) is 0.767. The normalized spacial score (nSPS) is 30.6. The summed E-state index contributed by atoms with van der Waals surface area (Å²) < 4.78 is 0. The first-order valence-corrected chi connectivity index (χ1v) is 7.92. The van der Waals surface area contributed by atoms with Gasteiger partial charge in [0.15, 0.2) is 0 Å². The van der Waals surface area contributed by atoms with E-state index in [-0.39, 0.29) is 5.91 Å². The van der Waals surface area contributed by atoms with E-state index in [0.717, 1.165) is 32.1 Å². The van der Waals surface area contributed by atoms with Crippen molar-refractivity contribution in [1.82, 2.24) is 5.32 Å². The number of rotatable bonds is 4. The van der Waals surface area contributed by atoms with Crippen molar-refractivity contribution in [2.45, 2.75) is 49.8 Å². The fourth-order valence-corrected chi connectivity index (χ4v) is 3.82. The van der Waals surface area contributed by atoms with Crippen molar-refractivity contribution in [1.29, 1.82) is 0 Å². The van der Waals surface area contributed by atoms with E-state index in [1.807, 2.05) is 11.8 Å². The van der Waals surface area contributed by atoms with Gasteiger partial charge in [-0.05, 0) is 38.4 Å². The zero-order chi connectivity index (χ0) is 12.5. The average Bonchev–Trinajstić information content (AvgIpc) is 2.62. The Morgan fingerprint density at radius 2 is 2.18 bits per heavy atom. The largest absolute Gasteiger partial charge is 0.392 e. The van der Waals surface area contributed by atoms with Crippen LogP contribution in [0.4, 0.5) is 0 Å². The maximum atomic E-state index is 12.3. The lowest BCUT2D eigenvalue weighted by atomic mass is 9.68. The Morgan fingerprint density at radius 1 is 1.47 bits per heavy atom. The summed E-state index contributed by atoms with van der Waals surface area (Å²) in [4.78, 5) is 12.6. The highest BCUT2D eigenvalue weighted by molar-refractivity contribution is 7.99. The van der Waals surface area contributed by atoms with Crippen molar-refractivity contribution in [2.75, 3.05) is 6.26 Å². The lowest BCUT2D eigenvalue weighted by molar-refractivity contribution is -0.131. The average molecular weight is 272 g/mol. The van der Waals surface area contributed by atoms with Crippen molar-refractivity contribution in [2.24, 2.45) is 11.1 Å². The van der Waals surface area contributed by atoms with Gasteiger partial charge in [0.25, 0.3) is 0 Å². The predicted molar refractivity (Wildman–Crippen MR) is 76.2 cm³/mol. The number of thiocarbonyl (C=S) groups is 1. The number of amides is 1. The molecule has 2 aliphatic rings. The van der Waals surface area contributed by atoms with Gasteiger partial charge < -0.3 is 11.1 Å². The lowest BCUT2D eigenvalue weighted by Gasteiger charge is -2.39. The number of thioether (sulfide) groups is 1. The third-order valence-electron chi connectivity index (χ3n) is 4.17. The highest BCUT2D eigenvalue weighted by Gasteiger charge is 2.47. The molecule has 0 bridgehead atoms. The Hall–Kier alpha value is -0.290. The first-order valence-electron chi connectivity index (χ1n) is 6.22. The molecular weight excluding hydrogens is 252 g/mol. The molecule has 3 nitrogen and oxygen atoms in total. The van der Waals surface area contributed by atoms with E-state index in [4.69, 9.17) is 18.0 Å². The number of hydrogen-bond donors (Lipinski definition) is 2. The second-order valence-corrected chi connectivity index (χ2v) is 6.72. The summed E-state index contributed by atoms with van der Waals surface area (Å²) in [6.45, 7) is 0. The van der Waals surface area contributed by atoms with Gasteiger partial charge in [-0.15, -0.1) is 0 Å². The molecule has 2 saturated carbocycles. The Labute approximate surface area is 112 Å². The predicted octanol–water partition coefficient (Wildman–Crippen LogP) is 1.84. The van der Waals surface area contributed by atoms with Crippen LogP contribution in [0.15, 0.2) is 0 Å². The standard InChI is InChI=1S/C12H20N2OS2/c1-17-9-4-3-8(7-9)14-11(15)12(10(13)16)5-2-6-12/h8-9H,2-7H2,1H3,(H2,13,16)(H,14,15). The van der Waals surface area contributed by atoms with Crippen LogP contribution in [0.1, 0.15) is 38.5 Å². The molecular formula is C12H20N2OS2. The van der Waals surface area contributed by atoms with Crippen molar-refractivity contribution in [3.63, 3.8) is 0 Å². The maximum Gasteiger partial charge on any atom is 0.233 e. The Kier molecular flexibility index (Phi) is 3.98. The van der Waals surface area contributed by atoms with Gasteiger partial charge in [0, 0.05) is 11.3 Å². The second-order valence-electron chi connectivity index (χ2n) is 5.14. The van der Waals surface area contributed by atoms with Gasteiger partial charge in [0.1, 0.15) is 0 Å². The number of hydrogen-bond acceptors (Lipinski definition) is 3. The van der Waals surface area contributed by atoms with Crippen LogP contribution in [0.3, 0.4) is 0 Å². The maximum absolute atomic E-state index is 12.3. The molecule has 96 valence electrons. The van der Waals surface area contributed by atoms with E-state index in [9.17, 15) is 4.79 Å². The van der Waals surface area contributed by atoms with Crippen LogP contribution in [0, 0.1) is 5.41 Å². The summed E-state index contributed by atoms with van der Waals surface area (Å²) in [7, 11) is 0. The summed E-state index contributed by atoms with van der Waals surface area (Å²) in [5.74, 6) is 0.0722. The van der Waals surface area contributed by atoms with E-state index < -0.39 is 5.41 Å². The van der Waals surface area contributed by atoms with Gasteiger partial charge in [0.2, 0.25) is 5.91 Å². The number of carbonyl (C=O) groups excluding carboxylic acids is 1. The molecule has 2 rings (SSSR count). The van der Waals surface area contributed by atoms with Crippen LogP contribution in [0.5, 0.6) is 0 Å². The molecule has 0 aromatic heterocycles. The Balaban J connectivity index is 1.91. The topological polar surface area (TPSA) is 55.1 Å². The summed E-state index contributed by atoms with van der Waals surface area (Å²) in [6, 6.07) is 0.326. The van der Waals surface area contributed by atoms with Crippen LogP contribution in [-0.4, -0.2) is 28.4 Å². The van der Waals surface area contributed by atoms with Gasteiger partial charge in [-0.25, -0.2) is 0 Å². The molecule has 0 radical (unpaired) electrons. The Morgan fingerprint density at radius 3 is 2.59 bits per heavy atom. The summed E-state index contributed by atoms with van der Waals surface area (Å²) in [5, 5.41) is 3.84. The molecule has 2 unspecified atom stereocenters. The zero-order valence-electron chi connectivity index (χ0n) is 10.2. The van der Waals surface area contributed by atoms with Crippen LogP contribution in [-0.2, 0) is 4.79 Å². The molecule has 0 saturated heterocycles. The van der Waals surface area contributed by atoms with Crippen LogP contribution in [0.2, 0.25) is 0 Å². The number of nitrogens with two attached hydrogens (primary N) is 1. The molecule has 2 atom stereocenters. The van der Waals surface area contributed by atoms with Crippen molar-refractivity contribution < 1.29 is 4.79 Å². The van der Waals surface area contributed by atoms with E-state index in [2.05, 4.69) is 11.6 Å². The monoisotopic (exact) mass is 272 g/mol. The highest BCUT2D eigenvalue weighted by atomic mass is 32.2. The number of carbonyl (C=O) groups is 1. The van der Waals surface area contributed by atoms with Crippen LogP contribution < -0.4 is 11.1 Å². The molecule has 17 heavy (non-hydrogen) atoms. The summed E-state index contributed by atoms with van der Waals surface area (Å²) in [5.41, 5.74) is 5.21. The van der Waals surface area contributed by atoms with Crippen molar-refractivity contribution in [3.05, 3.63) is 0 Å². The summed E-state index contributed by atoms with van der Waals surface area (Å²) >= 11 is 6.95. The first kappa shape index (κ1) is 13.1. The fraction of sp³-hybridized carbons (Fsp3) is 0.833. The van der Waals surface area contributed by atoms with Gasteiger partial charge in [-0.1, -0.05) is 18.6 Å². The third-order valence-corrected chi connectivity index (χ3v) is 5.65. The molecule has 0 spiro atoms. The lowest BCUT2D eigenvalue weighted by Crippen LogP contribution is -2.54. The van der Waals surface area contributed by atoms with Gasteiger partial charge in [-0.3, -0.25) is 4.79 Å². The van der Waals surface area contributed by atoms with Gasteiger partial charge in [-0.2, -0.15) is 11.8 Å². The van der Waals surface area contributed by atoms with Crippen LogP contribution in [0.25, 0.3) is 0 Å². The second kappa shape index (κ2) is 5.14. The minimum absolute atomic E-state index is 0.0722. The van der Waals surface area contributed by atoms with E-state index in [1.54, 1.807) is 0 Å². The molecule has 3 N–H and O–H groups in total. The Bertz CT molecular complexity index is 328. The van der Waals surface area contributed by atoms with Gasteiger partial charge >= 0.3 is 0 Å².